The van der Waals surface area contributed by atoms with Gasteiger partial charge in [-0.25, -0.2) is 13.5 Å². The molecule has 0 radical (unpaired) electrons. The van der Waals surface area contributed by atoms with Gasteiger partial charge < -0.3 is 20.7 Å². The van der Waals surface area contributed by atoms with E-state index in [4.69, 9.17) is 0 Å². The monoisotopic (exact) mass is 596 g/mol. The minimum atomic E-state index is -3.01. The fraction of sp³-hybridized carbons (Fsp3) is 0.560. The minimum Gasteiger partial charge on any atom is -0.415 e. The number of carbonyl (C=O) groups is 2. The third kappa shape index (κ3) is 5.74. The molecule has 3 heterocycles. The van der Waals surface area contributed by atoms with Gasteiger partial charge in [0.25, 0.3) is 5.91 Å². The van der Waals surface area contributed by atoms with Crippen LogP contribution in [0.1, 0.15) is 52.5 Å². The van der Waals surface area contributed by atoms with Crippen molar-refractivity contribution in [1.82, 2.24) is 29.9 Å². The first kappa shape index (κ1) is 27.5. The van der Waals surface area contributed by atoms with Crippen molar-refractivity contribution in [3.63, 3.8) is 0 Å². The number of hydrogen-bond donors (Lipinski definition) is 3. The largest absolute Gasteiger partial charge is 0.415 e. The van der Waals surface area contributed by atoms with Crippen molar-refractivity contribution in [2.45, 2.75) is 63.5 Å². The SMILES string of the molecule is Cn1nc(OC(F)F)cc1Nc1nncn1[C@H]1CCc2sc(NC(=O)[C@H]3C[C@@H]3F)c(C(=O)NCC3CC(F)C3)c2C1. The Morgan fingerprint density at radius 3 is 2.73 bits per heavy atom. The molecule has 0 aromatic carbocycles. The van der Waals surface area contributed by atoms with Crippen LogP contribution in [0, 0.1) is 11.8 Å². The average molecular weight is 597 g/mol. The molecule has 16 heteroatoms. The summed E-state index contributed by atoms with van der Waals surface area (Å²) in [6.45, 7) is -2.68. The maximum absolute atomic E-state index is 13.6. The molecule has 2 amide bonds. The van der Waals surface area contributed by atoms with E-state index in [0.717, 1.165) is 10.4 Å². The van der Waals surface area contributed by atoms with Crippen molar-refractivity contribution in [2.75, 3.05) is 17.2 Å². The van der Waals surface area contributed by atoms with Crippen LogP contribution in [0.5, 0.6) is 5.88 Å². The van der Waals surface area contributed by atoms with Crippen molar-refractivity contribution < 1.29 is 31.9 Å². The van der Waals surface area contributed by atoms with Crippen molar-refractivity contribution in [3.8, 4) is 5.88 Å². The number of rotatable bonds is 10. The van der Waals surface area contributed by atoms with Crippen molar-refractivity contribution in [2.24, 2.45) is 18.9 Å². The van der Waals surface area contributed by atoms with Gasteiger partial charge in [-0.2, -0.15) is 8.78 Å². The van der Waals surface area contributed by atoms with Gasteiger partial charge in [-0.3, -0.25) is 14.2 Å². The molecule has 3 aliphatic rings. The van der Waals surface area contributed by atoms with Gasteiger partial charge in [-0.15, -0.1) is 26.6 Å². The molecule has 3 aromatic rings. The molecule has 0 bridgehead atoms. The normalized spacial score (nSPS) is 24.9. The summed E-state index contributed by atoms with van der Waals surface area (Å²) in [5.74, 6) is -1.01. The van der Waals surface area contributed by atoms with E-state index in [1.807, 2.05) is 0 Å². The van der Waals surface area contributed by atoms with E-state index in [1.54, 1.807) is 11.6 Å². The summed E-state index contributed by atoms with van der Waals surface area (Å²) in [4.78, 5) is 27.0. The summed E-state index contributed by atoms with van der Waals surface area (Å²) in [6.07, 6.45) is 2.22. The predicted molar refractivity (Wildman–Crippen MR) is 140 cm³/mol. The van der Waals surface area contributed by atoms with Crippen LogP contribution in [0.4, 0.5) is 34.3 Å². The lowest BCUT2D eigenvalue weighted by Gasteiger charge is -2.29. The van der Waals surface area contributed by atoms with Crippen LogP contribution in [0.25, 0.3) is 0 Å². The topological polar surface area (TPSA) is 128 Å². The number of hydrogen-bond acceptors (Lipinski definition) is 8. The molecule has 220 valence electrons. The van der Waals surface area contributed by atoms with Crippen molar-refractivity contribution in [1.29, 1.82) is 0 Å². The molecule has 6 rings (SSSR count). The Labute approximate surface area is 235 Å². The number of nitrogens with zero attached hydrogens (tertiary/aromatic N) is 5. The second-order valence-electron chi connectivity index (χ2n) is 10.7. The number of aromatic nitrogens is 5. The lowest BCUT2D eigenvalue weighted by Crippen LogP contribution is -2.37. The number of carbonyl (C=O) groups excluding carboxylic acids is 2. The third-order valence-electron chi connectivity index (χ3n) is 7.75. The second-order valence-corrected chi connectivity index (χ2v) is 11.8. The molecule has 3 N–H and O–H groups in total. The smallest absolute Gasteiger partial charge is 0.388 e. The summed E-state index contributed by atoms with van der Waals surface area (Å²) in [5.41, 5.74) is 1.12. The van der Waals surface area contributed by atoms with E-state index in [1.165, 1.54) is 28.4 Å². The first-order chi connectivity index (χ1) is 19.7. The van der Waals surface area contributed by atoms with Crippen LogP contribution in [0.3, 0.4) is 0 Å². The minimum absolute atomic E-state index is 0.0669. The molecule has 3 atom stereocenters. The molecule has 2 fully saturated rings. The Hall–Kier alpha value is -3.69. The van der Waals surface area contributed by atoms with Gasteiger partial charge in [-0.1, -0.05) is 0 Å². The van der Waals surface area contributed by atoms with E-state index in [9.17, 15) is 27.2 Å². The molecule has 11 nitrogen and oxygen atoms in total. The molecule has 0 aliphatic heterocycles. The standard InChI is InChI=1S/C25H28F4N8O3S/c1-36-18(8-19(35-36)40-24(28)29)32-25-34-31-10-37(25)13-2-3-17-15(6-13)20(22(39)30-9-11-4-12(26)5-11)23(41-17)33-21(38)14-7-16(14)27/h8,10-14,16,24H,2-7,9H2,1H3,(H,30,39)(H,32,34)(H,33,38)/t11?,12?,13-,14-,16-/m0/s1. The quantitative estimate of drug-likeness (QED) is 0.303. The number of fused-ring (bicyclic) bond motifs is 1. The Morgan fingerprint density at radius 1 is 1.24 bits per heavy atom. The van der Waals surface area contributed by atoms with E-state index in [2.05, 4.69) is 36.0 Å². The summed E-state index contributed by atoms with van der Waals surface area (Å²) in [6, 6.07) is 1.14. The van der Waals surface area contributed by atoms with Crippen LogP contribution in [-0.2, 0) is 24.7 Å². The molecular formula is C25H28F4N8O3S. The molecule has 2 saturated carbocycles. The first-order valence-electron chi connectivity index (χ1n) is 13.3. The summed E-state index contributed by atoms with van der Waals surface area (Å²) in [7, 11) is 1.56. The average Bonchev–Trinajstić information content (AvgIpc) is 3.19. The number of alkyl halides is 4. The highest BCUT2D eigenvalue weighted by Gasteiger charge is 2.44. The first-order valence-corrected chi connectivity index (χ1v) is 14.1. The Kier molecular flexibility index (Phi) is 7.34. The van der Waals surface area contributed by atoms with E-state index >= 15 is 0 Å². The van der Waals surface area contributed by atoms with Gasteiger partial charge >= 0.3 is 6.61 Å². The van der Waals surface area contributed by atoms with E-state index < -0.39 is 30.8 Å². The summed E-state index contributed by atoms with van der Waals surface area (Å²) in [5, 5.41) is 21.1. The number of amides is 2. The maximum Gasteiger partial charge on any atom is 0.388 e. The van der Waals surface area contributed by atoms with Crippen LogP contribution in [0.2, 0.25) is 0 Å². The Balaban J connectivity index is 1.23. The fourth-order valence-electron chi connectivity index (χ4n) is 5.34. The number of ether oxygens (including phenoxy) is 1. The zero-order chi connectivity index (χ0) is 28.8. The van der Waals surface area contributed by atoms with E-state index in [0.29, 0.717) is 61.0 Å². The Morgan fingerprint density at radius 2 is 2.02 bits per heavy atom. The third-order valence-corrected chi connectivity index (χ3v) is 8.96. The van der Waals surface area contributed by atoms with Crippen molar-refractivity contribution >= 4 is 39.9 Å². The van der Waals surface area contributed by atoms with Gasteiger partial charge in [-0.05, 0) is 50.0 Å². The Bertz CT molecular complexity index is 1450. The van der Waals surface area contributed by atoms with Gasteiger partial charge in [0, 0.05) is 30.6 Å². The van der Waals surface area contributed by atoms with Crippen LogP contribution in [0.15, 0.2) is 12.4 Å². The van der Waals surface area contributed by atoms with Gasteiger partial charge in [0.1, 0.15) is 29.5 Å². The van der Waals surface area contributed by atoms with Crippen molar-refractivity contribution in [3.05, 3.63) is 28.4 Å². The number of aryl methyl sites for hydroxylation is 2. The number of anilines is 3. The fourth-order valence-corrected chi connectivity index (χ4v) is 6.58. The highest BCUT2D eigenvalue weighted by Crippen LogP contribution is 2.43. The van der Waals surface area contributed by atoms with Gasteiger partial charge in [0.05, 0.1) is 11.5 Å². The molecule has 0 unspecified atom stereocenters. The molecular weight excluding hydrogens is 568 g/mol. The zero-order valence-corrected chi connectivity index (χ0v) is 22.8. The maximum atomic E-state index is 13.6. The highest BCUT2D eigenvalue weighted by molar-refractivity contribution is 7.17. The van der Waals surface area contributed by atoms with Gasteiger partial charge in [0.2, 0.25) is 17.7 Å². The number of nitrogens with one attached hydrogen (secondary N) is 3. The molecule has 0 saturated heterocycles. The summed E-state index contributed by atoms with van der Waals surface area (Å²) >= 11 is 1.32. The lowest BCUT2D eigenvalue weighted by molar-refractivity contribution is -0.117. The number of thiophene rings is 1. The van der Waals surface area contributed by atoms with Crippen LogP contribution in [-0.4, -0.2) is 61.9 Å². The summed E-state index contributed by atoms with van der Waals surface area (Å²) < 4.78 is 59.6. The lowest BCUT2D eigenvalue weighted by atomic mass is 9.83. The van der Waals surface area contributed by atoms with Gasteiger partial charge in [0.15, 0.2) is 0 Å². The molecule has 3 aromatic heterocycles. The van der Waals surface area contributed by atoms with Crippen LogP contribution < -0.4 is 20.7 Å². The van der Waals surface area contributed by atoms with E-state index in [-0.39, 0.29) is 30.2 Å². The highest BCUT2D eigenvalue weighted by atomic mass is 32.1. The zero-order valence-electron chi connectivity index (χ0n) is 21.9. The molecule has 3 aliphatic carbocycles. The van der Waals surface area contributed by atoms with Crippen LogP contribution >= 0.6 is 11.3 Å². The molecule has 0 spiro atoms. The number of halogens is 4. The predicted octanol–water partition coefficient (Wildman–Crippen LogP) is 3.92. The molecule has 41 heavy (non-hydrogen) atoms. The second kappa shape index (κ2) is 10.9.